The van der Waals surface area contributed by atoms with E-state index in [2.05, 4.69) is 10.9 Å². The van der Waals surface area contributed by atoms with E-state index in [1.54, 1.807) is 37.3 Å². The number of hydrogen-bond acceptors (Lipinski definition) is 7. The van der Waals surface area contributed by atoms with Gasteiger partial charge in [0.2, 0.25) is 0 Å². The van der Waals surface area contributed by atoms with Crippen molar-refractivity contribution < 1.29 is 23.5 Å². The molecule has 0 aliphatic carbocycles. The third-order valence-electron chi connectivity index (χ3n) is 5.62. The van der Waals surface area contributed by atoms with Gasteiger partial charge in [0.1, 0.15) is 29.3 Å². The number of aryl methyl sites for hydroxylation is 1. The molecule has 7 nitrogen and oxygen atoms in total. The number of rotatable bonds is 11. The van der Waals surface area contributed by atoms with Crippen LogP contribution in [-0.4, -0.2) is 55.9 Å². The smallest absolute Gasteiger partial charge is 0.278 e. The minimum atomic E-state index is -0.805. The van der Waals surface area contributed by atoms with Crippen molar-refractivity contribution in [2.45, 2.75) is 25.9 Å². The maximum Gasteiger partial charge on any atom is 0.278 e. The van der Waals surface area contributed by atoms with E-state index in [-0.39, 0.29) is 11.5 Å². The Morgan fingerprint density at radius 1 is 1.19 bits per heavy atom. The van der Waals surface area contributed by atoms with Crippen molar-refractivity contribution in [2.75, 3.05) is 32.7 Å². The molecule has 0 spiro atoms. The standard InChI is InChI=1S/C27H28FN3O4S/c1-6-25-29-26(18(2)36-25)27(33)31(22-13-23(34-4)15-24(14-22)35-5)21(17-32)11-12-30(3)16-19-7-9-20(28)10-8-19/h1,7-10,13-15,17,21H,11-12,16H2,2-5H3. The SMILES string of the molecule is C#Cc1nc(C(=O)N(c2cc(OC)cc(OC)c2)C(C=O)CCN(C)Cc2ccc(F)cc2)c(C)s1. The van der Waals surface area contributed by atoms with E-state index in [0.717, 1.165) is 11.8 Å². The summed E-state index contributed by atoms with van der Waals surface area (Å²) in [6.45, 7) is 2.82. The molecule has 188 valence electrons. The number of thiazole rings is 1. The second-order valence-electron chi connectivity index (χ2n) is 8.17. The average molecular weight is 510 g/mol. The predicted octanol–water partition coefficient (Wildman–Crippen LogP) is 4.33. The molecule has 1 aromatic heterocycles. The van der Waals surface area contributed by atoms with Crippen molar-refractivity contribution in [1.29, 1.82) is 0 Å². The van der Waals surface area contributed by atoms with Crippen LogP contribution in [0.15, 0.2) is 42.5 Å². The van der Waals surface area contributed by atoms with Gasteiger partial charge in [-0.25, -0.2) is 9.37 Å². The molecule has 0 radical (unpaired) electrons. The Balaban J connectivity index is 1.92. The average Bonchev–Trinajstić information content (AvgIpc) is 3.27. The monoisotopic (exact) mass is 509 g/mol. The summed E-state index contributed by atoms with van der Waals surface area (Å²) in [7, 11) is 4.92. The number of aldehydes is 1. The summed E-state index contributed by atoms with van der Waals surface area (Å²) < 4.78 is 24.0. The van der Waals surface area contributed by atoms with Crippen molar-refractivity contribution in [2.24, 2.45) is 0 Å². The van der Waals surface area contributed by atoms with E-state index in [1.807, 2.05) is 11.9 Å². The number of carbonyl (C=O) groups is 2. The van der Waals surface area contributed by atoms with Crippen LogP contribution in [0.25, 0.3) is 0 Å². The van der Waals surface area contributed by atoms with Crippen LogP contribution >= 0.6 is 11.3 Å². The van der Waals surface area contributed by atoms with Crippen molar-refractivity contribution >= 4 is 29.2 Å². The van der Waals surface area contributed by atoms with Crippen molar-refractivity contribution in [3.63, 3.8) is 0 Å². The Morgan fingerprint density at radius 3 is 2.36 bits per heavy atom. The third kappa shape index (κ3) is 6.47. The minimum Gasteiger partial charge on any atom is -0.497 e. The zero-order chi connectivity index (χ0) is 26.2. The lowest BCUT2D eigenvalue weighted by Crippen LogP contribution is -2.43. The predicted molar refractivity (Wildman–Crippen MR) is 138 cm³/mol. The van der Waals surface area contributed by atoms with Gasteiger partial charge in [0, 0.05) is 36.2 Å². The molecule has 0 aliphatic heterocycles. The molecule has 0 aliphatic rings. The fourth-order valence-electron chi connectivity index (χ4n) is 3.75. The molecular weight excluding hydrogens is 481 g/mol. The molecule has 1 atom stereocenters. The van der Waals surface area contributed by atoms with Gasteiger partial charge in [-0.05, 0) is 44.0 Å². The lowest BCUT2D eigenvalue weighted by atomic mass is 10.1. The normalized spacial score (nSPS) is 11.6. The van der Waals surface area contributed by atoms with E-state index >= 15 is 0 Å². The molecule has 3 aromatic rings. The number of aromatic nitrogens is 1. The summed E-state index contributed by atoms with van der Waals surface area (Å²) in [4.78, 5) is 34.5. The number of nitrogens with zero attached hydrogens (tertiary/aromatic N) is 3. The maximum absolute atomic E-state index is 13.8. The number of carbonyl (C=O) groups excluding carboxylic acids is 2. The fraction of sp³-hybridized carbons (Fsp3) is 0.296. The second kappa shape index (κ2) is 12.3. The number of terminal acetylenes is 1. The van der Waals surface area contributed by atoms with Gasteiger partial charge in [-0.15, -0.1) is 17.8 Å². The topological polar surface area (TPSA) is 72.0 Å². The molecule has 3 rings (SSSR count). The number of benzene rings is 2. The van der Waals surface area contributed by atoms with Crippen LogP contribution in [0, 0.1) is 25.1 Å². The summed E-state index contributed by atoms with van der Waals surface area (Å²) in [5.41, 5.74) is 1.57. The van der Waals surface area contributed by atoms with E-state index in [9.17, 15) is 14.0 Å². The first-order chi connectivity index (χ1) is 17.3. The largest absolute Gasteiger partial charge is 0.497 e. The number of hydrogen-bond donors (Lipinski definition) is 0. The Labute approximate surface area is 214 Å². The van der Waals surface area contributed by atoms with Gasteiger partial charge >= 0.3 is 0 Å². The van der Waals surface area contributed by atoms with Crippen LogP contribution in [0.4, 0.5) is 10.1 Å². The van der Waals surface area contributed by atoms with E-state index < -0.39 is 11.9 Å². The van der Waals surface area contributed by atoms with Crippen molar-refractivity contribution in [3.8, 4) is 23.8 Å². The fourth-order valence-corrected chi connectivity index (χ4v) is 4.47. The molecule has 0 fully saturated rings. The highest BCUT2D eigenvalue weighted by Crippen LogP contribution is 2.32. The van der Waals surface area contributed by atoms with Gasteiger partial charge in [-0.2, -0.15) is 0 Å². The van der Waals surface area contributed by atoms with Gasteiger partial charge in [0.25, 0.3) is 5.91 Å². The van der Waals surface area contributed by atoms with E-state index in [0.29, 0.717) is 46.6 Å². The van der Waals surface area contributed by atoms with Crippen LogP contribution in [0.2, 0.25) is 0 Å². The van der Waals surface area contributed by atoms with Gasteiger partial charge in [-0.1, -0.05) is 12.1 Å². The number of ether oxygens (including phenoxy) is 2. The summed E-state index contributed by atoms with van der Waals surface area (Å²) in [6, 6.07) is 10.5. The highest BCUT2D eigenvalue weighted by molar-refractivity contribution is 7.12. The Hall–Kier alpha value is -3.74. The molecule has 0 bridgehead atoms. The first-order valence-corrected chi connectivity index (χ1v) is 12.0. The summed E-state index contributed by atoms with van der Waals surface area (Å²) >= 11 is 1.24. The van der Waals surface area contributed by atoms with Crippen LogP contribution in [0.1, 0.15) is 32.4 Å². The van der Waals surface area contributed by atoms with Crippen LogP contribution in [0.5, 0.6) is 11.5 Å². The molecule has 0 N–H and O–H groups in total. The van der Waals surface area contributed by atoms with Gasteiger partial charge in [0.05, 0.1) is 25.9 Å². The summed E-state index contributed by atoms with van der Waals surface area (Å²) in [5, 5.41) is 0.390. The molecule has 1 unspecified atom stereocenters. The summed E-state index contributed by atoms with van der Waals surface area (Å²) in [5.74, 6) is 2.67. The molecular formula is C27H28FN3O4S. The zero-order valence-electron chi connectivity index (χ0n) is 20.7. The van der Waals surface area contributed by atoms with E-state index in [1.165, 1.54) is 42.6 Å². The molecule has 36 heavy (non-hydrogen) atoms. The minimum absolute atomic E-state index is 0.196. The van der Waals surface area contributed by atoms with E-state index in [4.69, 9.17) is 15.9 Å². The molecule has 0 saturated carbocycles. The molecule has 0 saturated heterocycles. The molecule has 1 heterocycles. The number of methoxy groups -OCH3 is 2. The van der Waals surface area contributed by atoms with Crippen LogP contribution in [0.3, 0.4) is 0 Å². The molecule has 9 heteroatoms. The lowest BCUT2D eigenvalue weighted by Gasteiger charge is -2.30. The maximum atomic E-state index is 13.8. The van der Waals surface area contributed by atoms with Crippen molar-refractivity contribution in [3.05, 3.63) is 69.4 Å². The lowest BCUT2D eigenvalue weighted by molar-refractivity contribution is -0.109. The van der Waals surface area contributed by atoms with Gasteiger partial charge in [-0.3, -0.25) is 9.69 Å². The molecule has 1 amide bonds. The number of anilines is 1. The first kappa shape index (κ1) is 26.9. The van der Waals surface area contributed by atoms with Crippen molar-refractivity contribution in [1.82, 2.24) is 9.88 Å². The Kier molecular flexibility index (Phi) is 9.17. The zero-order valence-corrected chi connectivity index (χ0v) is 21.5. The highest BCUT2D eigenvalue weighted by atomic mass is 32.1. The molecule has 2 aromatic carbocycles. The Morgan fingerprint density at radius 2 is 1.83 bits per heavy atom. The quantitative estimate of drug-likeness (QED) is 0.283. The van der Waals surface area contributed by atoms with Crippen LogP contribution in [-0.2, 0) is 11.3 Å². The van der Waals surface area contributed by atoms with Gasteiger partial charge in [0.15, 0.2) is 5.01 Å². The number of amides is 1. The Bertz CT molecular complexity index is 1230. The van der Waals surface area contributed by atoms with Gasteiger partial charge < -0.3 is 19.2 Å². The van der Waals surface area contributed by atoms with Crippen LogP contribution < -0.4 is 14.4 Å². The second-order valence-corrected chi connectivity index (χ2v) is 9.37. The highest BCUT2D eigenvalue weighted by Gasteiger charge is 2.30. The first-order valence-electron chi connectivity index (χ1n) is 11.2. The third-order valence-corrected chi connectivity index (χ3v) is 6.52. The number of halogens is 1. The summed E-state index contributed by atoms with van der Waals surface area (Å²) in [6.07, 6.45) is 6.59.